The molecule has 1 aromatic rings. The van der Waals surface area contributed by atoms with E-state index < -0.39 is 0 Å². The fourth-order valence-corrected chi connectivity index (χ4v) is 2.99. The first kappa shape index (κ1) is 14.3. The highest BCUT2D eigenvalue weighted by Crippen LogP contribution is 2.32. The number of benzene rings is 1. The van der Waals surface area contributed by atoms with Crippen molar-refractivity contribution >= 4 is 17.2 Å². The van der Waals surface area contributed by atoms with Crippen molar-refractivity contribution in [2.75, 3.05) is 20.2 Å². The van der Waals surface area contributed by atoms with Crippen LogP contribution in [0.3, 0.4) is 0 Å². The van der Waals surface area contributed by atoms with Crippen LogP contribution in [-0.2, 0) is 0 Å². The molecule has 19 heavy (non-hydrogen) atoms. The lowest BCUT2D eigenvalue weighted by molar-refractivity contribution is 0.169. The van der Waals surface area contributed by atoms with Crippen LogP contribution < -0.4 is 10.5 Å². The summed E-state index contributed by atoms with van der Waals surface area (Å²) in [6.07, 6.45) is 2.41. The van der Waals surface area contributed by atoms with E-state index in [1.807, 2.05) is 18.2 Å². The average Bonchev–Trinajstić information content (AvgIpc) is 2.41. The molecular weight excluding hydrogens is 256 g/mol. The number of rotatable bonds is 4. The largest absolute Gasteiger partial charge is 0.496 e. The van der Waals surface area contributed by atoms with Crippen LogP contribution in [0.4, 0.5) is 0 Å². The number of hydrogen-bond acceptors (Lipinski definition) is 3. The van der Waals surface area contributed by atoms with Crippen LogP contribution in [0.2, 0.25) is 0 Å². The molecule has 0 radical (unpaired) electrons. The quantitative estimate of drug-likeness (QED) is 0.860. The van der Waals surface area contributed by atoms with Gasteiger partial charge in [0, 0.05) is 5.56 Å². The Kier molecular flexibility index (Phi) is 4.77. The molecule has 0 saturated carbocycles. The smallest absolute Gasteiger partial charge is 0.124 e. The number of likely N-dealkylation sites (tertiary alicyclic amines) is 1. The van der Waals surface area contributed by atoms with Gasteiger partial charge in [0.2, 0.25) is 0 Å². The highest BCUT2D eigenvalue weighted by molar-refractivity contribution is 7.80. The van der Waals surface area contributed by atoms with Crippen molar-refractivity contribution in [3.05, 3.63) is 29.8 Å². The minimum Gasteiger partial charge on any atom is -0.496 e. The molecule has 1 saturated heterocycles. The number of nitrogens with two attached hydrogens (primary N) is 1. The Labute approximate surface area is 120 Å². The zero-order valence-electron chi connectivity index (χ0n) is 11.6. The summed E-state index contributed by atoms with van der Waals surface area (Å²) in [6, 6.07) is 7.99. The predicted octanol–water partition coefficient (Wildman–Crippen LogP) is 2.75. The zero-order valence-corrected chi connectivity index (χ0v) is 12.5. The Hall–Kier alpha value is -1.13. The van der Waals surface area contributed by atoms with Crippen molar-refractivity contribution in [1.82, 2.24) is 4.90 Å². The third-order valence-electron chi connectivity index (χ3n) is 3.89. The summed E-state index contributed by atoms with van der Waals surface area (Å²) >= 11 is 5.30. The average molecular weight is 278 g/mol. The van der Waals surface area contributed by atoms with Crippen LogP contribution in [0.5, 0.6) is 5.75 Å². The van der Waals surface area contributed by atoms with Crippen LogP contribution in [0.1, 0.15) is 31.4 Å². The third-order valence-corrected chi connectivity index (χ3v) is 4.11. The maximum Gasteiger partial charge on any atom is 0.124 e. The van der Waals surface area contributed by atoms with E-state index in [1.54, 1.807) is 7.11 Å². The van der Waals surface area contributed by atoms with Crippen molar-refractivity contribution in [3.63, 3.8) is 0 Å². The van der Waals surface area contributed by atoms with E-state index in [1.165, 1.54) is 12.8 Å². The molecule has 1 heterocycles. The van der Waals surface area contributed by atoms with Gasteiger partial charge in [-0.15, -0.1) is 0 Å². The molecule has 2 rings (SSSR count). The highest BCUT2D eigenvalue weighted by Gasteiger charge is 2.28. The molecule has 2 N–H and O–H groups in total. The maximum absolute atomic E-state index is 5.99. The molecule has 104 valence electrons. The van der Waals surface area contributed by atoms with E-state index in [0.29, 0.717) is 4.99 Å². The summed E-state index contributed by atoms with van der Waals surface area (Å²) in [5, 5.41) is 0. The molecule has 1 aliphatic heterocycles. The number of nitrogens with zero attached hydrogens (tertiary/aromatic N) is 1. The van der Waals surface area contributed by atoms with E-state index >= 15 is 0 Å². The van der Waals surface area contributed by atoms with Gasteiger partial charge in [-0.1, -0.05) is 37.3 Å². The third kappa shape index (κ3) is 3.25. The van der Waals surface area contributed by atoms with E-state index in [2.05, 4.69) is 17.9 Å². The lowest BCUT2D eigenvalue weighted by Gasteiger charge is -2.36. The molecule has 0 spiro atoms. The SMILES string of the molecule is COc1ccccc1C(C(N)=S)N1CCC(C)CC1. The molecule has 3 nitrogen and oxygen atoms in total. The summed E-state index contributed by atoms with van der Waals surface area (Å²) < 4.78 is 5.45. The number of piperidine rings is 1. The second kappa shape index (κ2) is 6.35. The molecule has 1 aromatic carbocycles. The standard InChI is InChI=1S/C15H22N2OS/c1-11-7-9-17(10-8-11)14(15(16)19)12-5-3-4-6-13(12)18-2/h3-6,11,14H,7-10H2,1-2H3,(H2,16,19). The molecule has 1 aliphatic rings. The Morgan fingerprint density at radius 3 is 2.58 bits per heavy atom. The number of methoxy groups -OCH3 is 1. The first-order chi connectivity index (χ1) is 9.13. The lowest BCUT2D eigenvalue weighted by atomic mass is 9.95. The first-order valence-corrected chi connectivity index (χ1v) is 7.20. The van der Waals surface area contributed by atoms with Crippen molar-refractivity contribution in [1.29, 1.82) is 0 Å². The predicted molar refractivity (Wildman–Crippen MR) is 82.5 cm³/mol. The molecule has 0 amide bonds. The van der Waals surface area contributed by atoms with Gasteiger partial charge in [0.05, 0.1) is 18.1 Å². The fourth-order valence-electron chi connectivity index (χ4n) is 2.71. The zero-order chi connectivity index (χ0) is 13.8. The lowest BCUT2D eigenvalue weighted by Crippen LogP contribution is -2.41. The van der Waals surface area contributed by atoms with E-state index in [0.717, 1.165) is 30.3 Å². The van der Waals surface area contributed by atoms with Gasteiger partial charge in [0.15, 0.2) is 0 Å². The number of hydrogen-bond donors (Lipinski definition) is 1. The van der Waals surface area contributed by atoms with E-state index in [4.69, 9.17) is 22.7 Å². The minimum absolute atomic E-state index is 0.0151. The van der Waals surface area contributed by atoms with Crippen LogP contribution in [-0.4, -0.2) is 30.1 Å². The molecule has 4 heteroatoms. The van der Waals surface area contributed by atoms with Crippen LogP contribution in [0.15, 0.2) is 24.3 Å². The summed E-state index contributed by atoms with van der Waals surface area (Å²) in [7, 11) is 1.69. The van der Waals surface area contributed by atoms with Crippen molar-refractivity contribution in [2.24, 2.45) is 11.7 Å². The normalized spacial score (nSPS) is 19.1. The Morgan fingerprint density at radius 1 is 1.37 bits per heavy atom. The molecule has 1 unspecified atom stereocenters. The highest BCUT2D eigenvalue weighted by atomic mass is 32.1. The topological polar surface area (TPSA) is 38.5 Å². The van der Waals surface area contributed by atoms with Gasteiger partial charge in [-0.2, -0.15) is 0 Å². The summed E-state index contributed by atoms with van der Waals surface area (Å²) in [6.45, 7) is 4.39. The van der Waals surface area contributed by atoms with Gasteiger partial charge in [-0.05, 0) is 37.9 Å². The second-order valence-electron chi connectivity index (χ2n) is 5.27. The van der Waals surface area contributed by atoms with Gasteiger partial charge in [0.1, 0.15) is 5.75 Å². The van der Waals surface area contributed by atoms with Gasteiger partial charge in [-0.25, -0.2) is 0 Å². The maximum atomic E-state index is 5.99. The molecular formula is C15H22N2OS. The number of ether oxygens (including phenoxy) is 1. The molecule has 1 atom stereocenters. The monoisotopic (exact) mass is 278 g/mol. The molecule has 1 fully saturated rings. The van der Waals surface area contributed by atoms with Crippen molar-refractivity contribution in [3.8, 4) is 5.75 Å². The van der Waals surface area contributed by atoms with Gasteiger partial charge in [-0.3, -0.25) is 4.90 Å². The Morgan fingerprint density at radius 2 is 2.00 bits per heavy atom. The van der Waals surface area contributed by atoms with Crippen LogP contribution in [0.25, 0.3) is 0 Å². The molecule has 0 aromatic heterocycles. The number of para-hydroxylation sites is 1. The van der Waals surface area contributed by atoms with E-state index in [9.17, 15) is 0 Å². The fraction of sp³-hybridized carbons (Fsp3) is 0.533. The van der Waals surface area contributed by atoms with Gasteiger partial charge >= 0.3 is 0 Å². The first-order valence-electron chi connectivity index (χ1n) is 6.79. The van der Waals surface area contributed by atoms with Crippen molar-refractivity contribution in [2.45, 2.75) is 25.8 Å². The van der Waals surface area contributed by atoms with E-state index in [-0.39, 0.29) is 6.04 Å². The van der Waals surface area contributed by atoms with Crippen molar-refractivity contribution < 1.29 is 4.74 Å². The number of thiocarbonyl (C=S) groups is 1. The van der Waals surface area contributed by atoms with Crippen LogP contribution in [0, 0.1) is 5.92 Å². The van der Waals surface area contributed by atoms with Gasteiger partial charge < -0.3 is 10.5 Å². The Balaban J connectivity index is 2.27. The summed E-state index contributed by atoms with van der Waals surface area (Å²) in [5.41, 5.74) is 7.07. The summed E-state index contributed by atoms with van der Waals surface area (Å²) in [5.74, 6) is 1.65. The van der Waals surface area contributed by atoms with Gasteiger partial charge in [0.25, 0.3) is 0 Å². The van der Waals surface area contributed by atoms with Crippen LogP contribution >= 0.6 is 12.2 Å². The molecule has 0 bridgehead atoms. The Bertz CT molecular complexity index is 442. The second-order valence-corrected chi connectivity index (χ2v) is 5.74. The minimum atomic E-state index is -0.0151. The summed E-state index contributed by atoms with van der Waals surface area (Å²) in [4.78, 5) is 2.90. The molecule has 0 aliphatic carbocycles.